The Morgan fingerprint density at radius 3 is 0.926 bits per heavy atom. The summed E-state index contributed by atoms with van der Waals surface area (Å²) in [4.78, 5) is 0. The van der Waals surface area contributed by atoms with Crippen LogP contribution in [0, 0.1) is 0 Å². The molecule has 0 heterocycles. The van der Waals surface area contributed by atoms with E-state index >= 15 is 0 Å². The Hall–Kier alpha value is -2.41. The van der Waals surface area contributed by atoms with Crippen LogP contribution in [0.5, 0.6) is 0 Å². The molecule has 126 valence electrons. The van der Waals surface area contributed by atoms with Crippen LogP contribution >= 0.6 is 0 Å². The fourth-order valence-electron chi connectivity index (χ4n) is 4.84. The Kier molecular flexibility index (Phi) is 3.51. The molecule has 0 N–H and O–H groups in total. The normalized spacial score (nSPS) is 14.4. The van der Waals surface area contributed by atoms with Crippen molar-refractivity contribution in [2.45, 2.75) is 8.45 Å². The molecule has 27 heavy (non-hydrogen) atoms. The Balaban J connectivity index is 1.51. The molecule has 0 atom stereocenters. The third-order valence-electron chi connectivity index (χ3n) is 6.00. The van der Waals surface area contributed by atoms with Gasteiger partial charge in [-0.25, -0.2) is 0 Å². The van der Waals surface area contributed by atoms with Gasteiger partial charge in [0.25, 0.3) is 0 Å². The summed E-state index contributed by atoms with van der Waals surface area (Å²) < 4.78 is 1.17. The van der Waals surface area contributed by atoms with E-state index in [1.807, 2.05) is 0 Å². The van der Waals surface area contributed by atoms with E-state index < -0.39 is 0 Å². The number of fused-ring (bicyclic) bond motifs is 6. The number of rotatable bonds is 2. The molecule has 0 nitrogen and oxygen atoms in total. The molecule has 1 heteroatoms. The molecule has 2 aliphatic carbocycles. The summed E-state index contributed by atoms with van der Waals surface area (Å²) in [5.74, 6) is 0. The van der Waals surface area contributed by atoms with E-state index in [0.717, 1.165) is 0 Å². The average Bonchev–Trinajstić information content (AvgIpc) is 3.23. The number of hydrogen-bond acceptors (Lipinski definition) is 0. The average molecular weight is 378 g/mol. The topological polar surface area (TPSA) is 0 Å². The summed E-state index contributed by atoms with van der Waals surface area (Å²) in [5.41, 5.74) is 12.0. The van der Waals surface area contributed by atoms with Crippen molar-refractivity contribution >= 4 is 0 Å². The van der Waals surface area contributed by atoms with Crippen molar-refractivity contribution in [3.05, 3.63) is 119 Å². The zero-order chi connectivity index (χ0) is 17.8. The summed E-state index contributed by atoms with van der Waals surface area (Å²) in [6.45, 7) is 0. The molecule has 4 aromatic rings. The monoisotopic (exact) mass is 378 g/mol. The molecular formula is C26H18Ti. The van der Waals surface area contributed by atoms with E-state index in [0.29, 0.717) is 8.45 Å². The Morgan fingerprint density at radius 2 is 0.630 bits per heavy atom. The predicted molar refractivity (Wildman–Crippen MR) is 107 cm³/mol. The molecule has 2 aliphatic rings. The van der Waals surface area contributed by atoms with Gasteiger partial charge in [-0.15, -0.1) is 0 Å². The minimum absolute atomic E-state index is 0.311. The van der Waals surface area contributed by atoms with Crippen LogP contribution in [0.1, 0.15) is 30.7 Å². The van der Waals surface area contributed by atoms with Crippen LogP contribution in [-0.2, 0) is 19.2 Å². The Labute approximate surface area is 168 Å². The van der Waals surface area contributed by atoms with Gasteiger partial charge < -0.3 is 0 Å². The number of benzene rings is 4. The molecule has 0 bridgehead atoms. The fourth-order valence-corrected chi connectivity index (χ4v) is 8.05. The molecule has 0 spiro atoms. The van der Waals surface area contributed by atoms with Crippen LogP contribution in [-0.4, -0.2) is 0 Å². The molecule has 0 fully saturated rings. The summed E-state index contributed by atoms with van der Waals surface area (Å²) in [6, 6.07) is 36.2. The maximum atomic E-state index is 2.36. The second kappa shape index (κ2) is 6.06. The molecule has 4 aromatic carbocycles. The summed E-state index contributed by atoms with van der Waals surface area (Å²) in [7, 11) is 0. The zero-order valence-corrected chi connectivity index (χ0v) is 16.5. The van der Waals surface area contributed by atoms with E-state index in [1.54, 1.807) is 22.3 Å². The number of hydrogen-bond donors (Lipinski definition) is 0. The third-order valence-corrected chi connectivity index (χ3v) is 8.98. The first-order valence-corrected chi connectivity index (χ1v) is 11.3. The van der Waals surface area contributed by atoms with Crippen LogP contribution in [0.2, 0.25) is 0 Å². The van der Waals surface area contributed by atoms with Crippen molar-refractivity contribution in [2.75, 3.05) is 0 Å². The van der Waals surface area contributed by atoms with E-state index in [1.165, 1.54) is 22.3 Å². The van der Waals surface area contributed by atoms with E-state index in [4.69, 9.17) is 0 Å². The van der Waals surface area contributed by atoms with Crippen molar-refractivity contribution in [1.29, 1.82) is 0 Å². The van der Waals surface area contributed by atoms with E-state index in [-0.39, 0.29) is 19.2 Å². The van der Waals surface area contributed by atoms with Crippen LogP contribution in [0.15, 0.2) is 97.1 Å². The van der Waals surface area contributed by atoms with Crippen LogP contribution in [0.3, 0.4) is 0 Å². The zero-order valence-electron chi connectivity index (χ0n) is 14.9. The quantitative estimate of drug-likeness (QED) is 0.344. The second-order valence-corrected chi connectivity index (χ2v) is 9.71. The van der Waals surface area contributed by atoms with Crippen molar-refractivity contribution in [2.24, 2.45) is 0 Å². The van der Waals surface area contributed by atoms with Gasteiger partial charge in [0.1, 0.15) is 0 Å². The van der Waals surface area contributed by atoms with Crippen molar-refractivity contribution in [1.82, 2.24) is 0 Å². The minimum atomic E-state index is -0.311. The van der Waals surface area contributed by atoms with Crippen LogP contribution in [0.4, 0.5) is 0 Å². The maximum absolute atomic E-state index is 2.36. The van der Waals surface area contributed by atoms with Gasteiger partial charge in [-0.1, -0.05) is 0 Å². The molecule has 0 saturated carbocycles. The first-order chi connectivity index (χ1) is 13.4. The Bertz CT molecular complexity index is 990. The predicted octanol–water partition coefficient (Wildman–Crippen LogP) is 6.61. The van der Waals surface area contributed by atoms with E-state index in [2.05, 4.69) is 97.1 Å². The molecule has 0 unspecified atom stereocenters. The summed E-state index contributed by atoms with van der Waals surface area (Å²) in [5, 5.41) is 0. The van der Waals surface area contributed by atoms with Gasteiger partial charge in [-0.2, -0.15) is 0 Å². The molecular weight excluding hydrogens is 360 g/mol. The van der Waals surface area contributed by atoms with Gasteiger partial charge in [-0.3, -0.25) is 0 Å². The molecule has 6 rings (SSSR count). The second-order valence-electron chi connectivity index (χ2n) is 7.38. The van der Waals surface area contributed by atoms with Crippen LogP contribution in [0.25, 0.3) is 22.3 Å². The molecule has 0 saturated heterocycles. The van der Waals surface area contributed by atoms with Gasteiger partial charge >= 0.3 is 169 Å². The summed E-state index contributed by atoms with van der Waals surface area (Å²) >= 11 is -0.311. The van der Waals surface area contributed by atoms with Gasteiger partial charge in [-0.05, 0) is 0 Å². The summed E-state index contributed by atoms with van der Waals surface area (Å²) in [6.07, 6.45) is 0. The van der Waals surface area contributed by atoms with Gasteiger partial charge in [0.15, 0.2) is 0 Å². The van der Waals surface area contributed by atoms with E-state index in [9.17, 15) is 0 Å². The standard InChI is InChI=1S/2C13H9.Ti/c2*1-3-7-12-10(5-1)9-11-6-2-4-8-13(11)12;/h2*1-9H;. The van der Waals surface area contributed by atoms with Gasteiger partial charge in [0, 0.05) is 0 Å². The SMILES string of the molecule is c1ccc2c(c1)-c1ccccc1[CH]2[Ti][CH]1c2ccccc2-c2ccccc21. The first kappa shape index (κ1) is 15.6. The van der Waals surface area contributed by atoms with Crippen LogP contribution < -0.4 is 0 Å². The molecule has 0 amide bonds. The van der Waals surface area contributed by atoms with Crippen molar-refractivity contribution in [3.63, 3.8) is 0 Å². The fraction of sp³-hybridized carbons (Fsp3) is 0.0769. The molecule has 0 aliphatic heterocycles. The van der Waals surface area contributed by atoms with Gasteiger partial charge in [0.05, 0.1) is 0 Å². The molecule has 0 radical (unpaired) electrons. The van der Waals surface area contributed by atoms with Gasteiger partial charge in [0.2, 0.25) is 0 Å². The Morgan fingerprint density at radius 1 is 0.370 bits per heavy atom. The first-order valence-electron chi connectivity index (χ1n) is 9.54. The van der Waals surface area contributed by atoms with Crippen molar-refractivity contribution < 1.29 is 19.2 Å². The molecule has 0 aromatic heterocycles. The third kappa shape index (κ3) is 2.27. The van der Waals surface area contributed by atoms with Crippen molar-refractivity contribution in [3.8, 4) is 22.3 Å².